The van der Waals surface area contributed by atoms with Crippen molar-refractivity contribution in [3.05, 3.63) is 11.9 Å². The summed E-state index contributed by atoms with van der Waals surface area (Å²) in [5, 5.41) is 11.3. The van der Waals surface area contributed by atoms with E-state index in [0.717, 1.165) is 18.7 Å². The molecule has 0 aliphatic rings. The highest BCUT2D eigenvalue weighted by molar-refractivity contribution is 4.91. The van der Waals surface area contributed by atoms with Gasteiger partial charge in [-0.2, -0.15) is 0 Å². The topological polar surface area (TPSA) is 42.7 Å². The van der Waals surface area contributed by atoms with E-state index in [-0.39, 0.29) is 0 Å². The number of aromatic nitrogens is 3. The summed E-state index contributed by atoms with van der Waals surface area (Å²) >= 11 is 0. The Morgan fingerprint density at radius 1 is 1.43 bits per heavy atom. The van der Waals surface area contributed by atoms with Crippen molar-refractivity contribution in [1.29, 1.82) is 0 Å². The molecular formula is C10H20N4. The molecule has 1 aromatic rings. The first kappa shape index (κ1) is 11.2. The minimum atomic E-state index is 0.589. The van der Waals surface area contributed by atoms with Crippen LogP contribution in [0.25, 0.3) is 0 Å². The molecule has 0 amide bonds. The normalized spacial score (nSPS) is 11.1. The molecule has 0 fully saturated rings. The monoisotopic (exact) mass is 196 g/mol. The van der Waals surface area contributed by atoms with E-state index in [9.17, 15) is 0 Å². The molecule has 1 N–H and O–H groups in total. The zero-order valence-corrected chi connectivity index (χ0v) is 9.32. The van der Waals surface area contributed by atoms with E-state index in [1.807, 2.05) is 13.2 Å². The molecule has 0 aromatic carbocycles. The molecule has 4 nitrogen and oxygen atoms in total. The Balaban J connectivity index is 2.04. The SMILES string of the molecule is CC(C)NCCCCc1cn(C)nn1. The highest BCUT2D eigenvalue weighted by Crippen LogP contribution is 1.99. The van der Waals surface area contributed by atoms with Crippen molar-refractivity contribution in [2.45, 2.75) is 39.2 Å². The summed E-state index contributed by atoms with van der Waals surface area (Å²) in [6, 6.07) is 0.589. The van der Waals surface area contributed by atoms with Gasteiger partial charge in [-0.3, -0.25) is 4.68 Å². The maximum Gasteiger partial charge on any atom is 0.0827 e. The molecule has 0 atom stereocenters. The van der Waals surface area contributed by atoms with Crippen LogP contribution in [0.1, 0.15) is 32.4 Å². The maximum absolute atomic E-state index is 4.04. The zero-order valence-electron chi connectivity index (χ0n) is 9.32. The Labute approximate surface area is 85.7 Å². The summed E-state index contributed by atoms with van der Waals surface area (Å²) < 4.78 is 1.75. The Morgan fingerprint density at radius 3 is 2.79 bits per heavy atom. The second-order valence-corrected chi connectivity index (χ2v) is 3.95. The molecule has 4 heteroatoms. The molecule has 0 saturated heterocycles. The van der Waals surface area contributed by atoms with Gasteiger partial charge in [0.05, 0.1) is 5.69 Å². The molecule has 0 spiro atoms. The van der Waals surface area contributed by atoms with E-state index in [0.29, 0.717) is 6.04 Å². The highest BCUT2D eigenvalue weighted by atomic mass is 15.4. The average molecular weight is 196 g/mol. The van der Waals surface area contributed by atoms with Crippen LogP contribution in [0.15, 0.2) is 6.20 Å². The first-order chi connectivity index (χ1) is 6.68. The van der Waals surface area contributed by atoms with Gasteiger partial charge >= 0.3 is 0 Å². The lowest BCUT2D eigenvalue weighted by molar-refractivity contribution is 0.556. The van der Waals surface area contributed by atoms with Crippen molar-refractivity contribution in [3.63, 3.8) is 0 Å². The molecule has 1 rings (SSSR count). The summed E-state index contributed by atoms with van der Waals surface area (Å²) in [5.41, 5.74) is 1.09. The molecular weight excluding hydrogens is 176 g/mol. The van der Waals surface area contributed by atoms with Gasteiger partial charge in [0.2, 0.25) is 0 Å². The second kappa shape index (κ2) is 5.75. The fourth-order valence-corrected chi connectivity index (χ4v) is 1.33. The molecule has 0 aliphatic carbocycles. The Hall–Kier alpha value is -0.900. The number of hydrogen-bond acceptors (Lipinski definition) is 3. The average Bonchev–Trinajstić information content (AvgIpc) is 2.50. The highest BCUT2D eigenvalue weighted by Gasteiger charge is 1.98. The number of unbranched alkanes of at least 4 members (excludes halogenated alkanes) is 1. The van der Waals surface area contributed by atoms with Crippen LogP contribution in [0.3, 0.4) is 0 Å². The smallest absolute Gasteiger partial charge is 0.0827 e. The minimum Gasteiger partial charge on any atom is -0.315 e. The fraction of sp³-hybridized carbons (Fsp3) is 0.800. The van der Waals surface area contributed by atoms with Gasteiger partial charge in [0.25, 0.3) is 0 Å². The van der Waals surface area contributed by atoms with Crippen molar-refractivity contribution in [1.82, 2.24) is 20.3 Å². The van der Waals surface area contributed by atoms with Crippen molar-refractivity contribution in [2.24, 2.45) is 7.05 Å². The van der Waals surface area contributed by atoms with Crippen LogP contribution in [0.5, 0.6) is 0 Å². The van der Waals surface area contributed by atoms with Gasteiger partial charge in [-0.05, 0) is 25.8 Å². The molecule has 14 heavy (non-hydrogen) atoms. The van der Waals surface area contributed by atoms with Crippen LogP contribution in [-0.2, 0) is 13.5 Å². The summed E-state index contributed by atoms with van der Waals surface area (Å²) in [4.78, 5) is 0. The van der Waals surface area contributed by atoms with E-state index in [1.54, 1.807) is 4.68 Å². The lowest BCUT2D eigenvalue weighted by Gasteiger charge is -2.06. The summed E-state index contributed by atoms with van der Waals surface area (Å²) in [6.07, 6.45) is 5.40. The Morgan fingerprint density at radius 2 is 2.21 bits per heavy atom. The number of hydrogen-bond donors (Lipinski definition) is 1. The van der Waals surface area contributed by atoms with Gasteiger partial charge in [0, 0.05) is 19.3 Å². The van der Waals surface area contributed by atoms with Gasteiger partial charge in [0.1, 0.15) is 0 Å². The van der Waals surface area contributed by atoms with Crippen molar-refractivity contribution < 1.29 is 0 Å². The molecule has 1 aromatic heterocycles. The molecule has 0 bridgehead atoms. The van der Waals surface area contributed by atoms with E-state index >= 15 is 0 Å². The van der Waals surface area contributed by atoms with Crippen molar-refractivity contribution in [2.75, 3.05) is 6.54 Å². The van der Waals surface area contributed by atoms with Gasteiger partial charge in [-0.1, -0.05) is 19.1 Å². The lowest BCUT2D eigenvalue weighted by atomic mass is 10.2. The lowest BCUT2D eigenvalue weighted by Crippen LogP contribution is -2.23. The largest absolute Gasteiger partial charge is 0.315 e. The summed E-state index contributed by atoms with van der Waals surface area (Å²) in [5.74, 6) is 0. The maximum atomic E-state index is 4.04. The Kier molecular flexibility index (Phi) is 4.59. The predicted octanol–water partition coefficient (Wildman–Crippen LogP) is 1.14. The van der Waals surface area contributed by atoms with E-state index in [1.165, 1.54) is 12.8 Å². The van der Waals surface area contributed by atoms with Crippen LogP contribution in [0.4, 0.5) is 0 Å². The number of nitrogens with zero attached hydrogens (tertiary/aromatic N) is 3. The fourth-order valence-electron chi connectivity index (χ4n) is 1.33. The third kappa shape index (κ3) is 4.37. The summed E-state index contributed by atoms with van der Waals surface area (Å²) in [7, 11) is 1.90. The standard InChI is InChI=1S/C10H20N4/c1-9(2)11-7-5-4-6-10-8-14(3)13-12-10/h8-9,11H,4-7H2,1-3H3. The van der Waals surface area contributed by atoms with E-state index in [2.05, 4.69) is 29.5 Å². The predicted molar refractivity (Wildman–Crippen MR) is 57.1 cm³/mol. The second-order valence-electron chi connectivity index (χ2n) is 3.95. The van der Waals surface area contributed by atoms with Gasteiger partial charge < -0.3 is 5.32 Å². The van der Waals surface area contributed by atoms with Gasteiger partial charge in [-0.25, -0.2) is 0 Å². The first-order valence-electron chi connectivity index (χ1n) is 5.27. The first-order valence-corrected chi connectivity index (χ1v) is 5.27. The summed E-state index contributed by atoms with van der Waals surface area (Å²) in [6.45, 7) is 5.43. The zero-order chi connectivity index (χ0) is 10.4. The van der Waals surface area contributed by atoms with Gasteiger partial charge in [-0.15, -0.1) is 5.10 Å². The quantitative estimate of drug-likeness (QED) is 0.694. The van der Waals surface area contributed by atoms with Crippen LogP contribution < -0.4 is 5.32 Å². The number of nitrogens with one attached hydrogen (secondary N) is 1. The number of rotatable bonds is 6. The van der Waals surface area contributed by atoms with E-state index < -0.39 is 0 Å². The van der Waals surface area contributed by atoms with Crippen LogP contribution in [-0.4, -0.2) is 27.6 Å². The van der Waals surface area contributed by atoms with Crippen LogP contribution >= 0.6 is 0 Å². The number of aryl methyl sites for hydroxylation is 2. The molecule has 80 valence electrons. The molecule has 1 heterocycles. The van der Waals surface area contributed by atoms with Crippen LogP contribution in [0, 0.1) is 0 Å². The third-order valence-corrected chi connectivity index (χ3v) is 2.06. The third-order valence-electron chi connectivity index (χ3n) is 2.06. The van der Waals surface area contributed by atoms with Crippen molar-refractivity contribution >= 4 is 0 Å². The van der Waals surface area contributed by atoms with Crippen molar-refractivity contribution in [3.8, 4) is 0 Å². The molecule has 0 unspecified atom stereocenters. The van der Waals surface area contributed by atoms with Crippen LogP contribution in [0.2, 0.25) is 0 Å². The molecule has 0 radical (unpaired) electrons. The molecule has 0 saturated carbocycles. The minimum absolute atomic E-state index is 0.589. The molecule has 0 aliphatic heterocycles. The van der Waals surface area contributed by atoms with Gasteiger partial charge in [0.15, 0.2) is 0 Å². The Bertz CT molecular complexity index is 254. The van der Waals surface area contributed by atoms with E-state index in [4.69, 9.17) is 0 Å².